The van der Waals surface area contributed by atoms with Gasteiger partial charge in [-0.25, -0.2) is 0 Å². The van der Waals surface area contributed by atoms with Gasteiger partial charge in [0.05, 0.1) is 0 Å². The van der Waals surface area contributed by atoms with Crippen LogP contribution in [0.4, 0.5) is 0 Å². The number of phenols is 1. The van der Waals surface area contributed by atoms with Crippen LogP contribution < -0.4 is 14.2 Å². The van der Waals surface area contributed by atoms with Crippen LogP contribution in [0.25, 0.3) is 0 Å². The van der Waals surface area contributed by atoms with E-state index in [0.29, 0.717) is 51.3 Å². The van der Waals surface area contributed by atoms with Crippen molar-refractivity contribution >= 4 is 67.8 Å². The molecule has 72 heavy (non-hydrogen) atoms. The monoisotopic (exact) mass is 1300 g/mol. The van der Waals surface area contributed by atoms with Crippen molar-refractivity contribution in [3.8, 4) is 23.0 Å². The highest BCUT2D eigenvalue weighted by atomic mass is 127. The van der Waals surface area contributed by atoms with Gasteiger partial charge in [0.25, 0.3) is 0 Å². The second-order valence-corrected chi connectivity index (χ2v) is 27.7. The Morgan fingerprint density at radius 2 is 0.528 bits per heavy atom. The lowest BCUT2D eigenvalue weighted by atomic mass is 9.79. The van der Waals surface area contributed by atoms with Crippen LogP contribution in [0.3, 0.4) is 0 Å². The predicted octanol–water partition coefficient (Wildman–Crippen LogP) is 17.8. The Kier molecular flexibility index (Phi) is 16.3. The van der Waals surface area contributed by atoms with Crippen molar-refractivity contribution in [2.24, 2.45) is 0 Å². The van der Waals surface area contributed by atoms with E-state index in [0.717, 1.165) is 78.4 Å². The first-order valence-electron chi connectivity index (χ1n) is 25.2. The van der Waals surface area contributed by atoms with E-state index >= 15 is 0 Å². The van der Waals surface area contributed by atoms with E-state index in [1.807, 2.05) is 0 Å². The first kappa shape index (κ1) is 54.2. The molecule has 0 amide bonds. The van der Waals surface area contributed by atoms with Crippen LogP contribution in [-0.2, 0) is 67.2 Å². The standard InChI is InChI=1S/C65H71I3O4/c1-62(2,3)51-29-43-25-45-31-52(63(4,5)6)33-47(59(45)70-37-40-13-19-55(66)20-14-40)27-49-35-54(65(10,11)12)36-50(61(49)72-39-42-17-23-57(68)24-18-42)28-48-34-53(64(7,8)9)32-46(26-44(30-51)58(43)69)60(48)71-38-41-15-21-56(67)22-16-41/h13-24,29-36,69H,25-28,37-39H2,1-12H3. The molecule has 8 bridgehead atoms. The van der Waals surface area contributed by atoms with E-state index in [9.17, 15) is 5.11 Å². The van der Waals surface area contributed by atoms with Gasteiger partial charge in [0.2, 0.25) is 0 Å². The zero-order valence-electron chi connectivity index (χ0n) is 44.3. The number of phenolic OH excluding ortho intramolecular Hbond substituents is 1. The summed E-state index contributed by atoms with van der Waals surface area (Å²) in [6.45, 7) is 28.7. The molecule has 7 aromatic rings. The minimum Gasteiger partial charge on any atom is -0.507 e. The summed E-state index contributed by atoms with van der Waals surface area (Å²) < 4.78 is 25.2. The molecule has 376 valence electrons. The van der Waals surface area contributed by atoms with Crippen molar-refractivity contribution in [2.75, 3.05) is 0 Å². The molecule has 0 unspecified atom stereocenters. The molecule has 0 aromatic heterocycles. The third kappa shape index (κ3) is 13.2. The number of aromatic hydroxyl groups is 1. The zero-order chi connectivity index (χ0) is 51.9. The summed E-state index contributed by atoms with van der Waals surface area (Å²) in [6, 6.07) is 44.5. The molecule has 1 N–H and O–H groups in total. The topological polar surface area (TPSA) is 47.9 Å². The van der Waals surface area contributed by atoms with E-state index in [2.05, 4.69) is 272 Å². The van der Waals surface area contributed by atoms with Crippen molar-refractivity contribution < 1.29 is 19.3 Å². The maximum atomic E-state index is 12.8. The third-order valence-electron chi connectivity index (χ3n) is 13.9. The first-order valence-corrected chi connectivity index (χ1v) is 28.5. The van der Waals surface area contributed by atoms with Crippen LogP contribution >= 0.6 is 67.8 Å². The number of hydrogen-bond donors (Lipinski definition) is 1. The molecule has 0 radical (unpaired) electrons. The van der Waals surface area contributed by atoms with E-state index in [-0.39, 0.29) is 21.7 Å². The molecule has 0 fully saturated rings. The molecule has 4 nitrogen and oxygen atoms in total. The molecule has 0 saturated carbocycles. The SMILES string of the molecule is CC(C)(C)c1cc2c(O)c(c1)Cc1cc(C(C)(C)C)cc(c1OCc1ccc(I)cc1)Cc1cc(C(C)(C)C)cc(c1OCc1ccc(I)cc1)Cc1cc(C(C)(C)C)cc(c1OCc1ccc(I)cc1)C2. The van der Waals surface area contributed by atoms with Gasteiger partial charge >= 0.3 is 0 Å². The van der Waals surface area contributed by atoms with Crippen LogP contribution in [-0.4, -0.2) is 5.11 Å². The molecule has 0 atom stereocenters. The Bertz CT molecular complexity index is 2900. The van der Waals surface area contributed by atoms with Gasteiger partial charge in [-0.1, -0.05) is 168 Å². The van der Waals surface area contributed by atoms with Gasteiger partial charge in [-0.15, -0.1) is 0 Å². The quantitative estimate of drug-likeness (QED) is 0.146. The maximum Gasteiger partial charge on any atom is 0.126 e. The summed E-state index contributed by atoms with van der Waals surface area (Å²) in [4.78, 5) is 0. The van der Waals surface area contributed by atoms with Crippen LogP contribution in [0.2, 0.25) is 0 Å². The van der Waals surface area contributed by atoms with Gasteiger partial charge in [0.15, 0.2) is 0 Å². The molecular formula is C65H71I3O4. The fourth-order valence-corrected chi connectivity index (χ4v) is 10.5. The maximum absolute atomic E-state index is 12.8. The highest BCUT2D eigenvalue weighted by Gasteiger charge is 2.29. The number of fused-ring (bicyclic) bond motifs is 8. The number of benzene rings is 7. The molecule has 8 rings (SSSR count). The lowest BCUT2D eigenvalue weighted by Crippen LogP contribution is -2.17. The highest BCUT2D eigenvalue weighted by Crippen LogP contribution is 2.45. The summed E-state index contributed by atoms with van der Waals surface area (Å²) in [5.74, 6) is 2.92. The number of ether oxygens (including phenoxy) is 3. The van der Waals surface area contributed by atoms with Crippen LogP contribution in [0.15, 0.2) is 121 Å². The summed E-state index contributed by atoms with van der Waals surface area (Å²) in [5, 5.41) is 12.8. The van der Waals surface area contributed by atoms with E-state index in [1.165, 1.54) is 33.0 Å². The third-order valence-corrected chi connectivity index (χ3v) is 16.0. The van der Waals surface area contributed by atoms with E-state index in [1.54, 1.807) is 0 Å². The minimum atomic E-state index is -0.189. The molecule has 1 aliphatic rings. The fourth-order valence-electron chi connectivity index (χ4n) is 9.40. The minimum absolute atomic E-state index is 0.171. The van der Waals surface area contributed by atoms with E-state index < -0.39 is 0 Å². The van der Waals surface area contributed by atoms with Crippen molar-refractivity contribution in [1.29, 1.82) is 0 Å². The van der Waals surface area contributed by atoms with Crippen LogP contribution in [0, 0.1) is 10.7 Å². The average Bonchev–Trinajstić information content (AvgIpc) is 3.29. The average molecular weight is 1300 g/mol. The van der Waals surface area contributed by atoms with Crippen molar-refractivity contribution in [1.82, 2.24) is 0 Å². The number of rotatable bonds is 9. The summed E-state index contributed by atoms with van der Waals surface area (Å²) in [5.41, 5.74) is 15.7. The Balaban J connectivity index is 1.46. The largest absolute Gasteiger partial charge is 0.507 e. The van der Waals surface area contributed by atoms with Gasteiger partial charge in [-0.2, -0.15) is 0 Å². The predicted molar refractivity (Wildman–Crippen MR) is 324 cm³/mol. The zero-order valence-corrected chi connectivity index (χ0v) is 50.8. The normalized spacial score (nSPS) is 13.2. The van der Waals surface area contributed by atoms with Crippen molar-refractivity contribution in [2.45, 2.75) is 150 Å². The van der Waals surface area contributed by atoms with Crippen molar-refractivity contribution in [3.63, 3.8) is 0 Å². The molecule has 0 aliphatic heterocycles. The molecule has 0 spiro atoms. The number of halogens is 3. The van der Waals surface area contributed by atoms with Gasteiger partial charge in [0.1, 0.15) is 42.8 Å². The summed E-state index contributed by atoms with van der Waals surface area (Å²) >= 11 is 7.10. The Morgan fingerprint density at radius 3 is 0.736 bits per heavy atom. The van der Waals surface area contributed by atoms with Crippen LogP contribution in [0.5, 0.6) is 23.0 Å². The lowest BCUT2D eigenvalue weighted by molar-refractivity contribution is 0.295. The summed E-state index contributed by atoms with van der Waals surface area (Å²) in [6.07, 6.45) is 2.10. The molecule has 7 aromatic carbocycles. The smallest absolute Gasteiger partial charge is 0.126 e. The van der Waals surface area contributed by atoms with Crippen LogP contribution in [0.1, 0.15) is 167 Å². The second-order valence-electron chi connectivity index (χ2n) is 24.0. The molecular weight excluding hydrogens is 1230 g/mol. The van der Waals surface area contributed by atoms with Gasteiger partial charge in [-0.05, 0) is 209 Å². The highest BCUT2D eigenvalue weighted by molar-refractivity contribution is 14.1. The Labute approximate surface area is 471 Å². The first-order chi connectivity index (χ1) is 33.8. The van der Waals surface area contributed by atoms with Crippen molar-refractivity contribution in [3.05, 3.63) is 215 Å². The fraction of sp³-hybridized carbons (Fsp3) is 0.354. The second kappa shape index (κ2) is 21.6. The van der Waals surface area contributed by atoms with Gasteiger partial charge in [-0.3, -0.25) is 0 Å². The summed E-state index contributed by atoms with van der Waals surface area (Å²) in [7, 11) is 0. The molecule has 1 aliphatic carbocycles. The van der Waals surface area contributed by atoms with Gasteiger partial charge < -0.3 is 19.3 Å². The lowest BCUT2D eigenvalue weighted by Gasteiger charge is -2.29. The molecule has 0 saturated heterocycles. The Hall–Kier alpha value is -4.07. The Morgan fingerprint density at radius 1 is 0.333 bits per heavy atom. The molecule has 0 heterocycles. The van der Waals surface area contributed by atoms with Gasteiger partial charge in [0, 0.05) is 36.4 Å². The van der Waals surface area contributed by atoms with E-state index in [4.69, 9.17) is 14.2 Å². The number of hydrogen-bond acceptors (Lipinski definition) is 4. The molecule has 7 heteroatoms.